The number of hydrogen-bond donors (Lipinski definition) is 0. The van der Waals surface area contributed by atoms with Crippen molar-refractivity contribution in [2.75, 3.05) is 4.90 Å². The molecular formula is C18H16BrNO2. The number of hydrogen-bond acceptors (Lipinski definition) is 2. The zero-order chi connectivity index (χ0) is 15.2. The second kappa shape index (κ2) is 4.10. The Morgan fingerprint density at radius 1 is 1.05 bits per heavy atom. The lowest BCUT2D eigenvalue weighted by Crippen LogP contribution is -2.40. The number of halogens is 1. The highest BCUT2D eigenvalue weighted by Crippen LogP contribution is 2.65. The summed E-state index contributed by atoms with van der Waals surface area (Å²) in [4.78, 5) is 27.4. The Morgan fingerprint density at radius 3 is 2.18 bits per heavy atom. The Labute approximate surface area is 137 Å². The first-order chi connectivity index (χ1) is 10.6. The fourth-order valence-electron chi connectivity index (χ4n) is 4.93. The zero-order valence-electron chi connectivity index (χ0n) is 12.2. The van der Waals surface area contributed by atoms with E-state index in [1.54, 1.807) is 0 Å². The molecule has 112 valence electrons. The van der Waals surface area contributed by atoms with Gasteiger partial charge in [-0.1, -0.05) is 34.1 Å². The topological polar surface area (TPSA) is 37.4 Å². The minimum Gasteiger partial charge on any atom is -0.274 e. The molecule has 0 spiro atoms. The van der Waals surface area contributed by atoms with E-state index >= 15 is 0 Å². The maximum Gasteiger partial charge on any atom is 0.238 e. The first kappa shape index (κ1) is 13.1. The molecule has 6 rings (SSSR count). The SMILES string of the molecule is Cc1ccc(N2C(=O)[C@@H]3[C@H]4C=C[C@@H]([C@@H]5C[C@@H]45)[C@@H]3C2=O)cc1Br. The van der Waals surface area contributed by atoms with Gasteiger partial charge < -0.3 is 0 Å². The number of carbonyl (C=O) groups is 2. The summed E-state index contributed by atoms with van der Waals surface area (Å²) in [6.45, 7) is 2.00. The van der Waals surface area contributed by atoms with Crippen molar-refractivity contribution in [2.45, 2.75) is 13.3 Å². The van der Waals surface area contributed by atoms with Gasteiger partial charge in [-0.05, 0) is 54.7 Å². The second-order valence-corrected chi connectivity index (χ2v) is 7.95. The third-order valence-corrected chi connectivity index (χ3v) is 6.93. The number of allylic oxidation sites excluding steroid dienone is 2. The third-order valence-electron chi connectivity index (χ3n) is 6.08. The molecule has 22 heavy (non-hydrogen) atoms. The smallest absolute Gasteiger partial charge is 0.238 e. The van der Waals surface area contributed by atoms with Gasteiger partial charge in [0.2, 0.25) is 11.8 Å². The standard InChI is InChI=1S/C18H16BrNO2/c1-8-2-3-9(6-14(8)19)20-17(21)15-10-4-5-11(13-7-12(10)13)16(15)18(20)22/h2-6,10-13,15-16H,7H2,1H3/t10-,11-,12-,13-,15-,16+/m0/s1. The molecule has 4 aliphatic carbocycles. The van der Waals surface area contributed by atoms with Gasteiger partial charge in [0.25, 0.3) is 0 Å². The highest BCUT2D eigenvalue weighted by atomic mass is 79.9. The van der Waals surface area contributed by atoms with E-state index in [0.29, 0.717) is 17.5 Å². The summed E-state index contributed by atoms with van der Waals surface area (Å²) in [7, 11) is 0. The molecule has 3 nitrogen and oxygen atoms in total. The highest BCUT2D eigenvalue weighted by molar-refractivity contribution is 9.10. The average Bonchev–Trinajstić information content (AvgIpc) is 3.28. The Balaban J connectivity index is 1.58. The van der Waals surface area contributed by atoms with Gasteiger partial charge in [0, 0.05) is 4.47 Å². The van der Waals surface area contributed by atoms with E-state index in [0.717, 1.165) is 10.0 Å². The van der Waals surface area contributed by atoms with Crippen LogP contribution in [0, 0.1) is 42.4 Å². The molecule has 2 bridgehead atoms. The van der Waals surface area contributed by atoms with Crippen LogP contribution in [0.25, 0.3) is 0 Å². The van der Waals surface area contributed by atoms with Crippen molar-refractivity contribution in [1.29, 1.82) is 0 Å². The molecule has 1 aliphatic heterocycles. The number of amides is 2. The number of anilines is 1. The summed E-state index contributed by atoms with van der Waals surface area (Å²) in [6.07, 6.45) is 5.62. The summed E-state index contributed by atoms with van der Waals surface area (Å²) in [5.41, 5.74) is 1.80. The molecule has 3 fully saturated rings. The summed E-state index contributed by atoms with van der Waals surface area (Å²) >= 11 is 3.50. The molecule has 0 unspecified atom stereocenters. The van der Waals surface area contributed by atoms with Crippen molar-refractivity contribution >= 4 is 33.4 Å². The molecular weight excluding hydrogens is 342 g/mol. The molecule has 5 aliphatic rings. The van der Waals surface area contributed by atoms with Crippen LogP contribution in [0.3, 0.4) is 0 Å². The van der Waals surface area contributed by atoms with E-state index in [-0.39, 0.29) is 35.5 Å². The predicted molar refractivity (Wildman–Crippen MR) is 86.1 cm³/mol. The van der Waals surface area contributed by atoms with E-state index in [4.69, 9.17) is 0 Å². The third kappa shape index (κ3) is 1.47. The van der Waals surface area contributed by atoms with Crippen LogP contribution in [-0.4, -0.2) is 11.8 Å². The monoisotopic (exact) mass is 357 g/mol. The Morgan fingerprint density at radius 2 is 1.64 bits per heavy atom. The molecule has 2 amide bonds. The van der Waals surface area contributed by atoms with Gasteiger partial charge in [-0.2, -0.15) is 0 Å². The number of rotatable bonds is 1. The van der Waals surface area contributed by atoms with Gasteiger partial charge in [0.1, 0.15) is 0 Å². The van der Waals surface area contributed by atoms with Crippen LogP contribution in [-0.2, 0) is 9.59 Å². The fraction of sp³-hybridized carbons (Fsp3) is 0.444. The van der Waals surface area contributed by atoms with Gasteiger partial charge >= 0.3 is 0 Å². The Hall–Kier alpha value is -1.42. The van der Waals surface area contributed by atoms with Gasteiger partial charge in [-0.3, -0.25) is 9.59 Å². The zero-order valence-corrected chi connectivity index (χ0v) is 13.8. The van der Waals surface area contributed by atoms with Crippen molar-refractivity contribution < 1.29 is 9.59 Å². The lowest BCUT2D eigenvalue weighted by molar-refractivity contribution is -0.124. The van der Waals surface area contributed by atoms with Crippen LogP contribution in [0.1, 0.15) is 12.0 Å². The molecule has 1 saturated heterocycles. The van der Waals surface area contributed by atoms with Gasteiger partial charge in [-0.25, -0.2) is 4.90 Å². The van der Waals surface area contributed by atoms with Crippen molar-refractivity contribution in [3.8, 4) is 0 Å². The minimum absolute atomic E-state index is 0.00968. The molecule has 1 heterocycles. The molecule has 4 heteroatoms. The lowest BCUT2D eigenvalue weighted by Gasteiger charge is -2.37. The van der Waals surface area contributed by atoms with Crippen molar-refractivity contribution in [1.82, 2.24) is 0 Å². The number of aryl methyl sites for hydroxylation is 1. The summed E-state index contributed by atoms with van der Waals surface area (Å²) in [6, 6.07) is 5.72. The quantitative estimate of drug-likeness (QED) is 0.571. The molecule has 2 saturated carbocycles. The molecule has 0 radical (unpaired) electrons. The normalized spacial score (nSPS) is 40.9. The first-order valence-electron chi connectivity index (χ1n) is 7.90. The Kier molecular flexibility index (Phi) is 2.44. The predicted octanol–water partition coefficient (Wildman–Crippen LogP) is 3.32. The largest absolute Gasteiger partial charge is 0.274 e. The van der Waals surface area contributed by atoms with Crippen LogP contribution in [0.15, 0.2) is 34.8 Å². The number of nitrogens with zero attached hydrogens (tertiary/aromatic N) is 1. The molecule has 1 aromatic carbocycles. The fourth-order valence-corrected chi connectivity index (χ4v) is 5.30. The first-order valence-corrected chi connectivity index (χ1v) is 8.69. The maximum absolute atomic E-state index is 13.0. The van der Waals surface area contributed by atoms with Crippen LogP contribution < -0.4 is 4.90 Å². The molecule has 6 atom stereocenters. The number of carbonyl (C=O) groups excluding carboxylic acids is 2. The van der Waals surface area contributed by atoms with Crippen molar-refractivity contribution in [2.24, 2.45) is 35.5 Å². The Bertz CT molecular complexity index is 719. The second-order valence-electron chi connectivity index (χ2n) is 7.10. The average molecular weight is 358 g/mol. The van der Waals surface area contributed by atoms with E-state index in [1.807, 2.05) is 25.1 Å². The van der Waals surface area contributed by atoms with Crippen LogP contribution >= 0.6 is 15.9 Å². The lowest BCUT2D eigenvalue weighted by atomic mass is 9.63. The van der Waals surface area contributed by atoms with Crippen molar-refractivity contribution in [3.63, 3.8) is 0 Å². The summed E-state index contributed by atoms with van der Waals surface area (Å²) in [5.74, 6) is 1.66. The molecule has 1 aromatic rings. The summed E-state index contributed by atoms with van der Waals surface area (Å²) < 4.78 is 0.935. The van der Waals surface area contributed by atoms with Gasteiger partial charge in [0.05, 0.1) is 17.5 Å². The van der Waals surface area contributed by atoms with Crippen LogP contribution in [0.4, 0.5) is 5.69 Å². The van der Waals surface area contributed by atoms with Crippen molar-refractivity contribution in [3.05, 3.63) is 40.4 Å². The number of benzene rings is 1. The molecule has 0 aromatic heterocycles. The summed E-state index contributed by atoms with van der Waals surface area (Å²) in [5, 5.41) is 0. The van der Waals surface area contributed by atoms with E-state index in [1.165, 1.54) is 11.3 Å². The van der Waals surface area contributed by atoms with E-state index in [2.05, 4.69) is 28.1 Å². The highest BCUT2D eigenvalue weighted by Gasteiger charge is 2.67. The van der Waals surface area contributed by atoms with E-state index < -0.39 is 0 Å². The van der Waals surface area contributed by atoms with Gasteiger partial charge in [0.15, 0.2) is 0 Å². The maximum atomic E-state index is 13.0. The molecule has 0 N–H and O–H groups in total. The van der Waals surface area contributed by atoms with Crippen LogP contribution in [0.2, 0.25) is 0 Å². The minimum atomic E-state index is -0.119. The van der Waals surface area contributed by atoms with Gasteiger partial charge in [-0.15, -0.1) is 0 Å². The van der Waals surface area contributed by atoms with Crippen LogP contribution in [0.5, 0.6) is 0 Å². The number of imide groups is 1. The van der Waals surface area contributed by atoms with E-state index in [9.17, 15) is 9.59 Å².